The van der Waals surface area contributed by atoms with Gasteiger partial charge in [0.05, 0.1) is 11.9 Å². The number of nitrogens with one attached hydrogen (secondary N) is 1. The van der Waals surface area contributed by atoms with Crippen LogP contribution in [0.15, 0.2) is 31.0 Å². The molecule has 0 aromatic carbocycles. The average molecular weight is 217 g/mol. The number of aromatic nitrogens is 4. The van der Waals surface area contributed by atoms with E-state index in [0.717, 1.165) is 17.9 Å². The number of hydrogen-bond acceptors (Lipinski definition) is 4. The van der Waals surface area contributed by atoms with Gasteiger partial charge in [-0.3, -0.25) is 0 Å². The van der Waals surface area contributed by atoms with Gasteiger partial charge in [-0.15, -0.1) is 0 Å². The van der Waals surface area contributed by atoms with Crippen molar-refractivity contribution in [3.8, 4) is 5.82 Å². The summed E-state index contributed by atoms with van der Waals surface area (Å²) < 4.78 is 1.63. The highest BCUT2D eigenvalue weighted by molar-refractivity contribution is 5.43. The summed E-state index contributed by atoms with van der Waals surface area (Å²) in [5.74, 6) is 0.771. The van der Waals surface area contributed by atoms with Crippen molar-refractivity contribution in [2.45, 2.75) is 26.3 Å². The highest BCUT2D eigenvalue weighted by Crippen LogP contribution is 2.10. The summed E-state index contributed by atoms with van der Waals surface area (Å²) in [6.07, 6.45) is 6.02. The van der Waals surface area contributed by atoms with E-state index < -0.39 is 0 Å². The van der Waals surface area contributed by atoms with Crippen molar-refractivity contribution in [2.24, 2.45) is 0 Å². The zero-order valence-corrected chi connectivity index (χ0v) is 9.46. The van der Waals surface area contributed by atoms with E-state index in [2.05, 4.69) is 34.2 Å². The van der Waals surface area contributed by atoms with Gasteiger partial charge in [-0.05, 0) is 25.5 Å². The Labute approximate surface area is 94.5 Å². The van der Waals surface area contributed by atoms with Crippen LogP contribution in [0.2, 0.25) is 0 Å². The van der Waals surface area contributed by atoms with Crippen LogP contribution in [0.4, 0.5) is 5.69 Å². The van der Waals surface area contributed by atoms with Crippen molar-refractivity contribution in [3.05, 3.63) is 31.0 Å². The van der Waals surface area contributed by atoms with Crippen molar-refractivity contribution < 1.29 is 0 Å². The van der Waals surface area contributed by atoms with Gasteiger partial charge in [0, 0.05) is 6.04 Å². The minimum atomic E-state index is 0.457. The van der Waals surface area contributed by atoms with E-state index in [1.54, 1.807) is 11.0 Å². The molecular weight excluding hydrogens is 202 g/mol. The highest BCUT2D eigenvalue weighted by Gasteiger charge is 2.01. The number of nitrogens with zero attached hydrogens (tertiary/aromatic N) is 4. The van der Waals surface area contributed by atoms with Crippen LogP contribution in [-0.4, -0.2) is 25.8 Å². The first-order chi connectivity index (χ1) is 7.79. The quantitative estimate of drug-likeness (QED) is 0.849. The van der Waals surface area contributed by atoms with E-state index in [-0.39, 0.29) is 0 Å². The molecule has 0 aliphatic rings. The van der Waals surface area contributed by atoms with Gasteiger partial charge >= 0.3 is 0 Å². The van der Waals surface area contributed by atoms with Gasteiger partial charge in [-0.25, -0.2) is 14.6 Å². The Bertz CT molecular complexity index is 420. The minimum absolute atomic E-state index is 0.457. The summed E-state index contributed by atoms with van der Waals surface area (Å²) in [5.41, 5.74) is 1.03. The molecule has 0 bridgehead atoms. The van der Waals surface area contributed by atoms with Gasteiger partial charge in [0.15, 0.2) is 5.82 Å². The first kappa shape index (κ1) is 10.6. The molecule has 0 saturated heterocycles. The van der Waals surface area contributed by atoms with Crippen LogP contribution < -0.4 is 5.32 Å². The van der Waals surface area contributed by atoms with Crippen LogP contribution in [0.3, 0.4) is 0 Å². The van der Waals surface area contributed by atoms with E-state index >= 15 is 0 Å². The molecule has 0 aliphatic carbocycles. The van der Waals surface area contributed by atoms with E-state index in [4.69, 9.17) is 0 Å². The topological polar surface area (TPSA) is 55.6 Å². The molecule has 2 aromatic rings. The zero-order chi connectivity index (χ0) is 11.4. The molecule has 2 rings (SSSR count). The van der Waals surface area contributed by atoms with Crippen molar-refractivity contribution in [1.82, 2.24) is 19.7 Å². The molecule has 2 heterocycles. The lowest BCUT2D eigenvalue weighted by Gasteiger charge is -2.12. The monoisotopic (exact) mass is 217 g/mol. The number of anilines is 1. The zero-order valence-electron chi connectivity index (χ0n) is 9.46. The second kappa shape index (κ2) is 4.74. The van der Waals surface area contributed by atoms with Crippen LogP contribution in [0.1, 0.15) is 20.3 Å². The summed E-state index contributed by atoms with van der Waals surface area (Å²) in [5, 5.41) is 7.37. The summed E-state index contributed by atoms with van der Waals surface area (Å²) in [6, 6.07) is 4.37. The molecule has 84 valence electrons. The molecule has 0 saturated carbocycles. The Hall–Kier alpha value is -1.91. The van der Waals surface area contributed by atoms with E-state index in [0.29, 0.717) is 6.04 Å². The summed E-state index contributed by atoms with van der Waals surface area (Å²) in [6.45, 7) is 4.29. The Kier molecular flexibility index (Phi) is 3.14. The van der Waals surface area contributed by atoms with Gasteiger partial charge in [-0.1, -0.05) is 6.92 Å². The van der Waals surface area contributed by atoms with Crippen molar-refractivity contribution in [2.75, 3.05) is 5.32 Å². The predicted molar refractivity (Wildman–Crippen MR) is 62.5 cm³/mol. The molecule has 1 unspecified atom stereocenters. The molecule has 1 atom stereocenters. The Balaban J connectivity index is 2.11. The Morgan fingerprint density at radius 3 is 2.88 bits per heavy atom. The Morgan fingerprint density at radius 1 is 1.44 bits per heavy atom. The first-order valence-electron chi connectivity index (χ1n) is 5.37. The number of hydrogen-bond donors (Lipinski definition) is 1. The maximum absolute atomic E-state index is 4.31. The molecule has 5 nitrogen and oxygen atoms in total. The standard InChI is InChI=1S/C11H15N5/c1-3-9(2)15-10-4-5-11(13-6-10)16-8-12-7-14-16/h4-9,15H,3H2,1-2H3. The van der Waals surface area contributed by atoms with Crippen LogP contribution in [0.25, 0.3) is 5.82 Å². The minimum Gasteiger partial charge on any atom is -0.381 e. The second-order valence-corrected chi connectivity index (χ2v) is 3.70. The fourth-order valence-electron chi connectivity index (χ4n) is 1.32. The van der Waals surface area contributed by atoms with Gasteiger partial charge in [-0.2, -0.15) is 5.10 Å². The highest BCUT2D eigenvalue weighted by atomic mass is 15.3. The largest absolute Gasteiger partial charge is 0.381 e. The average Bonchev–Trinajstić information content (AvgIpc) is 2.83. The number of pyridine rings is 1. The van der Waals surface area contributed by atoms with Crippen molar-refractivity contribution in [1.29, 1.82) is 0 Å². The third kappa shape index (κ3) is 2.36. The Morgan fingerprint density at radius 2 is 2.31 bits per heavy atom. The summed E-state index contributed by atoms with van der Waals surface area (Å²) in [7, 11) is 0. The van der Waals surface area contributed by atoms with Gasteiger partial charge in [0.25, 0.3) is 0 Å². The lowest BCUT2D eigenvalue weighted by atomic mass is 10.2. The van der Waals surface area contributed by atoms with Crippen LogP contribution in [-0.2, 0) is 0 Å². The van der Waals surface area contributed by atoms with E-state index in [1.807, 2.05) is 18.3 Å². The molecule has 0 amide bonds. The van der Waals surface area contributed by atoms with E-state index in [9.17, 15) is 0 Å². The van der Waals surface area contributed by atoms with Crippen molar-refractivity contribution >= 4 is 5.69 Å². The molecule has 0 fully saturated rings. The lowest BCUT2D eigenvalue weighted by molar-refractivity contribution is 0.762. The maximum atomic E-state index is 4.31. The van der Waals surface area contributed by atoms with E-state index in [1.165, 1.54) is 6.33 Å². The van der Waals surface area contributed by atoms with Gasteiger partial charge < -0.3 is 5.32 Å². The van der Waals surface area contributed by atoms with Gasteiger partial charge in [0.1, 0.15) is 12.7 Å². The normalized spacial score (nSPS) is 12.4. The molecule has 1 N–H and O–H groups in total. The van der Waals surface area contributed by atoms with Crippen LogP contribution in [0.5, 0.6) is 0 Å². The van der Waals surface area contributed by atoms with Crippen LogP contribution >= 0.6 is 0 Å². The molecule has 0 spiro atoms. The first-order valence-corrected chi connectivity index (χ1v) is 5.37. The third-order valence-corrected chi connectivity index (χ3v) is 2.43. The molecular formula is C11H15N5. The summed E-state index contributed by atoms with van der Waals surface area (Å²) >= 11 is 0. The second-order valence-electron chi connectivity index (χ2n) is 3.70. The fraction of sp³-hybridized carbons (Fsp3) is 0.364. The SMILES string of the molecule is CCC(C)Nc1ccc(-n2cncn2)nc1. The number of rotatable bonds is 4. The molecule has 5 heteroatoms. The predicted octanol–water partition coefficient (Wildman–Crippen LogP) is 1.87. The lowest BCUT2D eigenvalue weighted by Crippen LogP contribution is -2.13. The molecule has 0 aliphatic heterocycles. The molecule has 2 aromatic heterocycles. The summed E-state index contributed by atoms with van der Waals surface area (Å²) in [4.78, 5) is 8.19. The smallest absolute Gasteiger partial charge is 0.155 e. The fourth-order valence-corrected chi connectivity index (χ4v) is 1.32. The van der Waals surface area contributed by atoms with Gasteiger partial charge in [0.2, 0.25) is 0 Å². The molecule has 16 heavy (non-hydrogen) atoms. The maximum Gasteiger partial charge on any atom is 0.155 e. The van der Waals surface area contributed by atoms with Crippen molar-refractivity contribution in [3.63, 3.8) is 0 Å². The van der Waals surface area contributed by atoms with Crippen LogP contribution in [0, 0.1) is 0 Å². The molecule has 0 radical (unpaired) electrons. The third-order valence-electron chi connectivity index (χ3n) is 2.43.